The van der Waals surface area contributed by atoms with E-state index >= 15 is 0 Å². The molecule has 0 saturated carbocycles. The summed E-state index contributed by atoms with van der Waals surface area (Å²) in [6.45, 7) is 16.9. The molecule has 0 aromatic heterocycles. The van der Waals surface area contributed by atoms with Crippen LogP contribution in [-0.4, -0.2) is 64.7 Å². The van der Waals surface area contributed by atoms with E-state index in [0.717, 1.165) is 51.7 Å². The van der Waals surface area contributed by atoms with Crippen LogP contribution >= 0.6 is 23.5 Å². The Morgan fingerprint density at radius 1 is 0.938 bits per heavy atom. The third kappa shape index (κ3) is 9.66. The van der Waals surface area contributed by atoms with Crippen LogP contribution in [0.4, 0.5) is 11.4 Å². The van der Waals surface area contributed by atoms with Gasteiger partial charge < -0.3 is 24.0 Å². The number of carbonyl (C=O) groups is 2. The molecule has 1 unspecified atom stereocenters. The molecule has 1 atom stereocenters. The number of fused-ring (bicyclic) bond motifs is 2. The normalized spacial score (nSPS) is 15.9. The molecule has 11 nitrogen and oxygen atoms in total. The van der Waals surface area contributed by atoms with Gasteiger partial charge in [-0.05, 0) is 36.6 Å². The summed E-state index contributed by atoms with van der Waals surface area (Å²) in [5.74, 6) is -0.763. The zero-order chi connectivity index (χ0) is 34.3. The van der Waals surface area contributed by atoms with Crippen LogP contribution in [0.2, 0.25) is 0 Å². The van der Waals surface area contributed by atoms with E-state index in [1.165, 1.54) is 11.8 Å². The Bertz CT molecular complexity index is 1610. The highest BCUT2D eigenvalue weighted by Gasteiger charge is 2.31. The summed E-state index contributed by atoms with van der Waals surface area (Å²) in [5, 5.41) is 11.1. The van der Waals surface area contributed by atoms with E-state index in [9.17, 15) is 14.9 Å². The highest BCUT2D eigenvalue weighted by Crippen LogP contribution is 2.48. The Balaban J connectivity index is 1.21. The van der Waals surface area contributed by atoms with Crippen molar-refractivity contribution in [3.8, 4) is 6.07 Å². The number of thioether (sulfide) groups is 2. The SMILES string of the molecule is [C-]#[N+]C(COOCCOCCOC(=O)C(C#N)=C1Sc2ccccc2N1CCOC(=O)C=C)=C1Sc2ccccc2N1CCC(C)CC. The molecule has 2 heterocycles. The first-order valence-corrected chi connectivity index (χ1v) is 17.2. The highest BCUT2D eigenvalue weighted by atomic mass is 32.2. The molecule has 48 heavy (non-hydrogen) atoms. The molecule has 2 aliphatic heterocycles. The standard InChI is InChI=1S/C35H38N4O7S2/c1-5-25(3)15-16-38-28-11-7-10-14-31(28)48-34(38)27(37-4)24-46-45-22-20-42-19-21-44-35(41)26(23-36)33-39(17-18-43-32(40)6-2)29-12-8-9-13-30(29)47-33/h6-14,25H,2,5,15-22,24H2,1,3H3. The first-order chi connectivity index (χ1) is 23.4. The van der Waals surface area contributed by atoms with Crippen molar-refractivity contribution < 1.29 is 33.6 Å². The predicted molar refractivity (Wildman–Crippen MR) is 184 cm³/mol. The number of esters is 2. The fraction of sp³-hybridized carbons (Fsp3) is 0.371. The molecule has 4 rings (SSSR count). The number of para-hydroxylation sites is 2. The summed E-state index contributed by atoms with van der Waals surface area (Å²) >= 11 is 2.84. The maximum absolute atomic E-state index is 12.9. The summed E-state index contributed by atoms with van der Waals surface area (Å²) in [4.78, 5) is 44.7. The van der Waals surface area contributed by atoms with Crippen molar-refractivity contribution >= 4 is 46.8 Å². The second-order valence-corrected chi connectivity index (χ2v) is 12.7. The molecule has 0 spiro atoms. The number of nitrogens with zero attached hydrogens (tertiary/aromatic N) is 4. The average Bonchev–Trinajstić information content (AvgIpc) is 3.66. The molecule has 0 fully saturated rings. The van der Waals surface area contributed by atoms with Crippen molar-refractivity contribution in [3.63, 3.8) is 0 Å². The first kappa shape index (κ1) is 36.6. The number of rotatable bonds is 18. The minimum atomic E-state index is -0.783. The van der Waals surface area contributed by atoms with Crippen LogP contribution in [0.5, 0.6) is 0 Å². The van der Waals surface area contributed by atoms with E-state index in [4.69, 9.17) is 30.6 Å². The Morgan fingerprint density at radius 3 is 2.23 bits per heavy atom. The zero-order valence-electron chi connectivity index (χ0n) is 27.0. The minimum Gasteiger partial charge on any atom is -0.461 e. The molecule has 0 radical (unpaired) electrons. The molecule has 2 aromatic rings. The van der Waals surface area contributed by atoms with Gasteiger partial charge in [0.25, 0.3) is 0 Å². The third-order valence-electron chi connectivity index (χ3n) is 7.45. The Kier molecular flexibility index (Phi) is 14.4. The van der Waals surface area contributed by atoms with E-state index in [1.54, 1.807) is 16.7 Å². The number of carbonyl (C=O) groups excluding carboxylic acids is 2. The first-order valence-electron chi connectivity index (χ1n) is 15.5. The van der Waals surface area contributed by atoms with Crippen LogP contribution in [0.25, 0.3) is 4.85 Å². The van der Waals surface area contributed by atoms with E-state index in [0.29, 0.717) is 16.6 Å². The van der Waals surface area contributed by atoms with Crippen molar-refractivity contribution in [1.82, 2.24) is 0 Å². The summed E-state index contributed by atoms with van der Waals surface area (Å²) in [5.41, 5.74) is 2.21. The highest BCUT2D eigenvalue weighted by molar-refractivity contribution is 8.04. The van der Waals surface area contributed by atoms with Gasteiger partial charge >= 0.3 is 11.9 Å². The molecule has 0 aliphatic carbocycles. The van der Waals surface area contributed by atoms with Crippen LogP contribution < -0.4 is 9.80 Å². The molecule has 0 saturated heterocycles. The van der Waals surface area contributed by atoms with E-state index in [2.05, 4.69) is 42.3 Å². The number of benzene rings is 2. The van der Waals surface area contributed by atoms with Crippen LogP contribution in [0, 0.1) is 23.8 Å². The maximum atomic E-state index is 12.9. The Hall–Kier alpha value is -4.24. The van der Waals surface area contributed by atoms with E-state index in [-0.39, 0.29) is 51.8 Å². The van der Waals surface area contributed by atoms with Gasteiger partial charge in [0.1, 0.15) is 37.5 Å². The molecule has 0 amide bonds. The lowest BCUT2D eigenvalue weighted by molar-refractivity contribution is -0.292. The molecule has 0 bridgehead atoms. The third-order valence-corrected chi connectivity index (χ3v) is 9.84. The van der Waals surface area contributed by atoms with Gasteiger partial charge in [-0.15, -0.1) is 0 Å². The number of anilines is 2. The summed E-state index contributed by atoms with van der Waals surface area (Å²) < 4.78 is 15.9. The van der Waals surface area contributed by atoms with Crippen LogP contribution in [0.1, 0.15) is 26.7 Å². The smallest absolute Gasteiger partial charge is 0.351 e. The summed E-state index contributed by atoms with van der Waals surface area (Å²) in [6.07, 6.45) is 3.19. The van der Waals surface area contributed by atoms with Crippen molar-refractivity contribution in [2.75, 3.05) is 62.5 Å². The lowest BCUT2D eigenvalue weighted by Crippen LogP contribution is -2.26. The molecular weight excluding hydrogens is 653 g/mol. The second-order valence-electron chi connectivity index (χ2n) is 10.6. The van der Waals surface area contributed by atoms with E-state index in [1.807, 2.05) is 42.5 Å². The fourth-order valence-corrected chi connectivity index (χ4v) is 7.03. The molecule has 2 aliphatic rings. The quantitative estimate of drug-likeness (QED) is 0.0315. The minimum absolute atomic E-state index is 0.00153. The average molecular weight is 691 g/mol. The van der Waals surface area contributed by atoms with Crippen molar-refractivity contribution in [2.24, 2.45) is 5.92 Å². The summed E-state index contributed by atoms with van der Waals surface area (Å²) in [6, 6.07) is 17.5. The lowest BCUT2D eigenvalue weighted by atomic mass is 10.1. The van der Waals surface area contributed by atoms with Gasteiger partial charge in [0.2, 0.25) is 5.70 Å². The van der Waals surface area contributed by atoms with Gasteiger partial charge in [0.05, 0.1) is 42.7 Å². The Labute approximate surface area is 289 Å². The number of hydrogen-bond donors (Lipinski definition) is 0. The molecule has 252 valence electrons. The van der Waals surface area contributed by atoms with Gasteiger partial charge in [0.15, 0.2) is 5.57 Å². The number of hydrogen-bond acceptors (Lipinski definition) is 12. The van der Waals surface area contributed by atoms with Crippen LogP contribution in [0.15, 0.2) is 92.3 Å². The van der Waals surface area contributed by atoms with E-state index < -0.39 is 11.9 Å². The number of nitriles is 1. The van der Waals surface area contributed by atoms with Crippen molar-refractivity contribution in [2.45, 2.75) is 36.5 Å². The fourth-order valence-electron chi connectivity index (χ4n) is 4.70. The second kappa shape index (κ2) is 18.9. The summed E-state index contributed by atoms with van der Waals surface area (Å²) in [7, 11) is 0. The van der Waals surface area contributed by atoms with Gasteiger partial charge in [-0.25, -0.2) is 24.2 Å². The van der Waals surface area contributed by atoms with Gasteiger partial charge in [-0.2, -0.15) is 5.26 Å². The van der Waals surface area contributed by atoms with Crippen LogP contribution in [-0.2, 0) is 33.6 Å². The maximum Gasteiger partial charge on any atom is 0.351 e. The molecule has 13 heteroatoms. The molecule has 0 N–H and O–H groups in total. The van der Waals surface area contributed by atoms with Gasteiger partial charge in [0, 0.05) is 22.4 Å². The molecular formula is C35H38N4O7S2. The monoisotopic (exact) mass is 690 g/mol. The van der Waals surface area contributed by atoms with Crippen molar-refractivity contribution in [1.29, 1.82) is 5.26 Å². The topological polar surface area (TPSA) is 115 Å². The number of ether oxygens (including phenoxy) is 3. The predicted octanol–water partition coefficient (Wildman–Crippen LogP) is 6.71. The molecule has 2 aromatic carbocycles. The van der Waals surface area contributed by atoms with Crippen LogP contribution in [0.3, 0.4) is 0 Å². The zero-order valence-corrected chi connectivity index (χ0v) is 28.6. The largest absolute Gasteiger partial charge is 0.461 e. The van der Waals surface area contributed by atoms with Crippen molar-refractivity contribution in [3.05, 3.63) is 93.9 Å². The Morgan fingerprint density at radius 2 is 1.58 bits per heavy atom. The lowest BCUT2D eigenvalue weighted by Gasteiger charge is -2.23. The van der Waals surface area contributed by atoms with Gasteiger partial charge in [-0.1, -0.05) is 74.6 Å². The van der Waals surface area contributed by atoms with Gasteiger partial charge in [-0.3, -0.25) is 0 Å².